The van der Waals surface area contributed by atoms with Gasteiger partial charge in [-0.25, -0.2) is 4.90 Å². The Hall–Kier alpha value is -2.54. The van der Waals surface area contributed by atoms with E-state index in [1.807, 2.05) is 0 Å². The van der Waals surface area contributed by atoms with Crippen molar-refractivity contribution < 1.29 is 22.8 Å². The highest BCUT2D eigenvalue weighted by atomic mass is 35.5. The van der Waals surface area contributed by atoms with Crippen LogP contribution in [0, 0.1) is 0 Å². The number of anilines is 2. The molecule has 1 fully saturated rings. The lowest BCUT2D eigenvalue weighted by atomic mass is 10.1. The summed E-state index contributed by atoms with van der Waals surface area (Å²) in [6.07, 6.45) is -4.82. The summed E-state index contributed by atoms with van der Waals surface area (Å²) in [7, 11) is 0. The molecule has 2 amide bonds. The number of para-hydroxylation sites is 1. The number of imide groups is 1. The Kier molecular flexibility index (Phi) is 4.43. The molecule has 1 N–H and O–H groups in total. The van der Waals surface area contributed by atoms with Gasteiger partial charge in [-0.1, -0.05) is 29.8 Å². The average Bonchev–Trinajstić information content (AvgIpc) is 2.82. The fraction of sp³-hybridized carbons (Fsp3) is 0.176. The quantitative estimate of drug-likeness (QED) is 0.830. The van der Waals surface area contributed by atoms with Crippen LogP contribution in [0.25, 0.3) is 0 Å². The predicted octanol–water partition coefficient (Wildman–Crippen LogP) is 4.10. The molecule has 0 radical (unpaired) electrons. The van der Waals surface area contributed by atoms with E-state index >= 15 is 0 Å². The number of benzene rings is 2. The van der Waals surface area contributed by atoms with Crippen LogP contribution >= 0.6 is 11.6 Å². The van der Waals surface area contributed by atoms with Crippen molar-refractivity contribution in [1.82, 2.24) is 0 Å². The molecule has 25 heavy (non-hydrogen) atoms. The van der Waals surface area contributed by atoms with E-state index in [0.717, 1.165) is 11.0 Å². The zero-order valence-electron chi connectivity index (χ0n) is 12.7. The molecule has 0 aromatic heterocycles. The zero-order chi connectivity index (χ0) is 18.2. The van der Waals surface area contributed by atoms with Crippen molar-refractivity contribution in [3.05, 3.63) is 59.1 Å². The number of hydrogen-bond donors (Lipinski definition) is 1. The van der Waals surface area contributed by atoms with Gasteiger partial charge in [-0.15, -0.1) is 0 Å². The van der Waals surface area contributed by atoms with Crippen LogP contribution in [0.4, 0.5) is 24.5 Å². The lowest BCUT2D eigenvalue weighted by Gasteiger charge is -2.18. The fourth-order valence-corrected chi connectivity index (χ4v) is 2.85. The van der Waals surface area contributed by atoms with Gasteiger partial charge in [0.05, 0.1) is 22.7 Å². The Morgan fingerprint density at radius 3 is 2.40 bits per heavy atom. The summed E-state index contributed by atoms with van der Waals surface area (Å²) >= 11 is 5.58. The number of hydrogen-bond acceptors (Lipinski definition) is 3. The minimum Gasteiger partial charge on any atom is -0.373 e. The Morgan fingerprint density at radius 2 is 1.76 bits per heavy atom. The van der Waals surface area contributed by atoms with Gasteiger partial charge in [-0.05, 0) is 30.3 Å². The molecule has 130 valence electrons. The number of carbonyl (C=O) groups excluding carboxylic acids is 2. The second kappa shape index (κ2) is 6.40. The van der Waals surface area contributed by atoms with E-state index in [9.17, 15) is 22.8 Å². The number of alkyl halides is 3. The standard InChI is InChI=1S/C17H12ClF3N2O2/c18-13-7-6-11(8-12(13)17(19,20)21)23-15(24)9-14(16(23)25)22-10-4-2-1-3-5-10/h1-8,14,22H,9H2/t14-/m0/s1. The van der Waals surface area contributed by atoms with Gasteiger partial charge < -0.3 is 5.32 Å². The van der Waals surface area contributed by atoms with Crippen molar-refractivity contribution in [3.63, 3.8) is 0 Å². The van der Waals surface area contributed by atoms with Crippen LogP contribution in [-0.2, 0) is 15.8 Å². The van der Waals surface area contributed by atoms with Gasteiger partial charge in [0.2, 0.25) is 5.91 Å². The van der Waals surface area contributed by atoms with Crippen LogP contribution in [0.2, 0.25) is 5.02 Å². The van der Waals surface area contributed by atoms with Crippen molar-refractivity contribution in [2.45, 2.75) is 18.6 Å². The molecule has 1 atom stereocenters. The van der Waals surface area contributed by atoms with Crippen LogP contribution in [-0.4, -0.2) is 17.9 Å². The van der Waals surface area contributed by atoms with Crippen molar-refractivity contribution in [2.24, 2.45) is 0 Å². The third-order valence-corrected chi connectivity index (χ3v) is 4.10. The number of nitrogens with one attached hydrogen (secondary N) is 1. The summed E-state index contributed by atoms with van der Waals surface area (Å²) in [6, 6.07) is 10.9. The summed E-state index contributed by atoms with van der Waals surface area (Å²) in [5.74, 6) is -1.18. The highest BCUT2D eigenvalue weighted by molar-refractivity contribution is 6.31. The van der Waals surface area contributed by atoms with Gasteiger partial charge >= 0.3 is 6.18 Å². The Morgan fingerprint density at radius 1 is 1.08 bits per heavy atom. The first-order chi connectivity index (χ1) is 11.8. The predicted molar refractivity (Wildman–Crippen MR) is 87.4 cm³/mol. The average molecular weight is 369 g/mol. The Labute approximate surface area is 146 Å². The summed E-state index contributed by atoms with van der Waals surface area (Å²) < 4.78 is 39.0. The van der Waals surface area contributed by atoms with E-state index in [2.05, 4.69) is 5.32 Å². The van der Waals surface area contributed by atoms with Gasteiger partial charge in [0, 0.05) is 5.69 Å². The van der Waals surface area contributed by atoms with Crippen LogP contribution in [0.15, 0.2) is 48.5 Å². The molecule has 0 bridgehead atoms. The number of nitrogens with zero attached hydrogens (tertiary/aromatic N) is 1. The number of rotatable bonds is 3. The van der Waals surface area contributed by atoms with E-state index in [1.165, 1.54) is 6.07 Å². The maximum Gasteiger partial charge on any atom is 0.417 e. The maximum absolute atomic E-state index is 13.0. The van der Waals surface area contributed by atoms with E-state index in [4.69, 9.17) is 11.6 Å². The topological polar surface area (TPSA) is 49.4 Å². The smallest absolute Gasteiger partial charge is 0.373 e. The van der Waals surface area contributed by atoms with Gasteiger partial charge in [-0.3, -0.25) is 9.59 Å². The molecule has 1 aliphatic heterocycles. The molecule has 0 saturated carbocycles. The van der Waals surface area contributed by atoms with E-state index in [0.29, 0.717) is 11.8 Å². The first kappa shape index (κ1) is 17.3. The molecule has 0 aliphatic carbocycles. The highest BCUT2D eigenvalue weighted by Crippen LogP contribution is 2.38. The van der Waals surface area contributed by atoms with Gasteiger partial charge in [0.25, 0.3) is 5.91 Å². The maximum atomic E-state index is 13.0. The van der Waals surface area contributed by atoms with Crippen molar-refractivity contribution in [3.8, 4) is 0 Å². The monoisotopic (exact) mass is 368 g/mol. The molecule has 0 spiro atoms. The van der Waals surface area contributed by atoms with Gasteiger partial charge in [-0.2, -0.15) is 13.2 Å². The first-order valence-electron chi connectivity index (χ1n) is 7.32. The lowest BCUT2D eigenvalue weighted by molar-refractivity contribution is -0.137. The third kappa shape index (κ3) is 3.46. The molecule has 3 rings (SSSR count). The van der Waals surface area contributed by atoms with E-state index in [-0.39, 0.29) is 12.1 Å². The van der Waals surface area contributed by atoms with Crippen LogP contribution in [0.1, 0.15) is 12.0 Å². The molecule has 2 aromatic carbocycles. The third-order valence-electron chi connectivity index (χ3n) is 3.77. The molecule has 1 heterocycles. The Bertz CT molecular complexity index is 824. The SMILES string of the molecule is O=C1C[C@H](Nc2ccccc2)C(=O)N1c1ccc(Cl)c(C(F)(F)F)c1. The molecule has 1 saturated heterocycles. The second-order valence-corrected chi connectivity index (χ2v) is 5.90. The molecule has 8 heteroatoms. The van der Waals surface area contributed by atoms with E-state index in [1.54, 1.807) is 30.3 Å². The van der Waals surface area contributed by atoms with Gasteiger partial charge in [0.1, 0.15) is 6.04 Å². The van der Waals surface area contributed by atoms with Crippen LogP contribution in [0.3, 0.4) is 0 Å². The van der Waals surface area contributed by atoms with Crippen molar-refractivity contribution in [1.29, 1.82) is 0 Å². The van der Waals surface area contributed by atoms with Crippen LogP contribution in [0.5, 0.6) is 0 Å². The summed E-state index contributed by atoms with van der Waals surface area (Å²) in [5.41, 5.74) is -0.599. The number of carbonyl (C=O) groups is 2. The van der Waals surface area contributed by atoms with Crippen LogP contribution < -0.4 is 10.2 Å². The molecule has 2 aromatic rings. The number of amides is 2. The van der Waals surface area contributed by atoms with Crippen molar-refractivity contribution >= 4 is 34.8 Å². The highest BCUT2D eigenvalue weighted by Gasteiger charge is 2.41. The normalized spacial score (nSPS) is 17.9. The summed E-state index contributed by atoms with van der Waals surface area (Å²) in [4.78, 5) is 25.4. The molecule has 1 aliphatic rings. The van der Waals surface area contributed by atoms with E-state index < -0.39 is 34.6 Å². The molecular formula is C17H12ClF3N2O2. The summed E-state index contributed by atoms with van der Waals surface area (Å²) in [5, 5.41) is 2.43. The summed E-state index contributed by atoms with van der Waals surface area (Å²) in [6.45, 7) is 0. The lowest BCUT2D eigenvalue weighted by Crippen LogP contribution is -2.35. The first-order valence-corrected chi connectivity index (χ1v) is 7.70. The molecular weight excluding hydrogens is 357 g/mol. The molecule has 4 nitrogen and oxygen atoms in total. The zero-order valence-corrected chi connectivity index (χ0v) is 13.4. The molecule has 0 unspecified atom stereocenters. The fourth-order valence-electron chi connectivity index (χ4n) is 2.62. The minimum atomic E-state index is -4.68. The Balaban J connectivity index is 1.88. The van der Waals surface area contributed by atoms with Gasteiger partial charge in [0.15, 0.2) is 0 Å². The number of halogens is 4. The van der Waals surface area contributed by atoms with Crippen molar-refractivity contribution in [2.75, 3.05) is 10.2 Å². The second-order valence-electron chi connectivity index (χ2n) is 5.50. The largest absolute Gasteiger partial charge is 0.417 e. The minimum absolute atomic E-state index is 0.141.